The SMILES string of the molecule is CC(CBr)(CBr)NC(=O)Cc1ccccc1. The van der Waals surface area contributed by atoms with E-state index in [-0.39, 0.29) is 11.4 Å². The third kappa shape index (κ3) is 4.26. The maximum atomic E-state index is 11.8. The van der Waals surface area contributed by atoms with Crippen molar-refractivity contribution in [1.82, 2.24) is 5.32 Å². The van der Waals surface area contributed by atoms with Crippen molar-refractivity contribution in [2.24, 2.45) is 0 Å². The number of halogens is 2. The number of nitrogens with one attached hydrogen (secondary N) is 1. The minimum absolute atomic E-state index is 0.0487. The highest BCUT2D eigenvalue weighted by Gasteiger charge is 2.23. The predicted molar refractivity (Wildman–Crippen MR) is 74.3 cm³/mol. The van der Waals surface area contributed by atoms with Gasteiger partial charge in [0.1, 0.15) is 0 Å². The van der Waals surface area contributed by atoms with E-state index in [1.807, 2.05) is 37.3 Å². The molecule has 0 saturated carbocycles. The number of hydrogen-bond donors (Lipinski definition) is 1. The highest BCUT2D eigenvalue weighted by molar-refractivity contribution is 9.09. The lowest BCUT2D eigenvalue weighted by Crippen LogP contribution is -2.49. The molecule has 16 heavy (non-hydrogen) atoms. The van der Waals surface area contributed by atoms with Crippen LogP contribution in [0.3, 0.4) is 0 Å². The molecule has 0 spiro atoms. The summed E-state index contributed by atoms with van der Waals surface area (Å²) in [5, 5.41) is 4.46. The molecule has 1 amide bonds. The third-order valence-corrected chi connectivity index (χ3v) is 4.71. The summed E-state index contributed by atoms with van der Waals surface area (Å²) in [6, 6.07) is 9.74. The molecule has 88 valence electrons. The van der Waals surface area contributed by atoms with Crippen molar-refractivity contribution >= 4 is 37.8 Å². The van der Waals surface area contributed by atoms with Crippen LogP contribution < -0.4 is 5.32 Å². The number of alkyl halides is 2. The van der Waals surface area contributed by atoms with Crippen molar-refractivity contribution in [2.45, 2.75) is 18.9 Å². The Kier molecular flexibility index (Phi) is 5.49. The number of hydrogen-bond acceptors (Lipinski definition) is 1. The van der Waals surface area contributed by atoms with Crippen molar-refractivity contribution in [3.63, 3.8) is 0 Å². The zero-order valence-electron chi connectivity index (χ0n) is 9.17. The molecule has 0 unspecified atom stereocenters. The minimum atomic E-state index is -0.230. The van der Waals surface area contributed by atoms with Gasteiger partial charge >= 0.3 is 0 Å². The number of benzene rings is 1. The Labute approximate surface area is 113 Å². The first-order valence-electron chi connectivity index (χ1n) is 5.06. The van der Waals surface area contributed by atoms with E-state index in [9.17, 15) is 4.79 Å². The van der Waals surface area contributed by atoms with E-state index in [1.165, 1.54) is 0 Å². The Morgan fingerprint density at radius 1 is 1.25 bits per heavy atom. The molecule has 1 N–H and O–H groups in total. The molecule has 0 bridgehead atoms. The van der Waals surface area contributed by atoms with Crippen LogP contribution in [-0.2, 0) is 11.2 Å². The van der Waals surface area contributed by atoms with E-state index < -0.39 is 0 Å². The molecule has 0 fully saturated rings. The van der Waals surface area contributed by atoms with Crippen LogP contribution in [0, 0.1) is 0 Å². The van der Waals surface area contributed by atoms with E-state index in [0.29, 0.717) is 6.42 Å². The van der Waals surface area contributed by atoms with E-state index in [4.69, 9.17) is 0 Å². The first-order valence-corrected chi connectivity index (χ1v) is 7.31. The molecular formula is C12H15Br2NO. The lowest BCUT2D eigenvalue weighted by Gasteiger charge is -2.26. The van der Waals surface area contributed by atoms with Crippen LogP contribution in [0.15, 0.2) is 30.3 Å². The summed E-state index contributed by atoms with van der Waals surface area (Å²) >= 11 is 6.80. The normalized spacial score (nSPS) is 11.2. The van der Waals surface area contributed by atoms with Crippen molar-refractivity contribution < 1.29 is 4.79 Å². The second-order valence-electron chi connectivity index (χ2n) is 4.04. The van der Waals surface area contributed by atoms with Crippen molar-refractivity contribution in [3.05, 3.63) is 35.9 Å². The molecule has 1 aromatic carbocycles. The standard InChI is InChI=1S/C12H15Br2NO/c1-12(8-13,9-14)15-11(16)7-10-5-3-2-4-6-10/h2-6H,7-9H2,1H3,(H,15,16). The van der Waals surface area contributed by atoms with Crippen LogP contribution >= 0.6 is 31.9 Å². The van der Waals surface area contributed by atoms with Gasteiger partial charge in [-0.1, -0.05) is 62.2 Å². The first kappa shape index (κ1) is 13.7. The molecule has 0 aliphatic heterocycles. The quantitative estimate of drug-likeness (QED) is 0.814. The summed E-state index contributed by atoms with van der Waals surface area (Å²) in [5.41, 5.74) is 0.803. The topological polar surface area (TPSA) is 29.1 Å². The van der Waals surface area contributed by atoms with Crippen LogP contribution in [0.4, 0.5) is 0 Å². The van der Waals surface area contributed by atoms with Crippen LogP contribution in [0.25, 0.3) is 0 Å². The molecular weight excluding hydrogens is 334 g/mol. The van der Waals surface area contributed by atoms with Gasteiger partial charge in [-0.3, -0.25) is 4.79 Å². The van der Waals surface area contributed by atoms with Gasteiger partial charge in [-0.15, -0.1) is 0 Å². The first-order chi connectivity index (χ1) is 7.59. The van der Waals surface area contributed by atoms with E-state index in [2.05, 4.69) is 37.2 Å². The van der Waals surface area contributed by atoms with E-state index >= 15 is 0 Å². The Hall–Kier alpha value is -0.350. The van der Waals surface area contributed by atoms with Gasteiger partial charge in [-0.2, -0.15) is 0 Å². The fraction of sp³-hybridized carbons (Fsp3) is 0.417. The van der Waals surface area contributed by atoms with Gasteiger partial charge in [0.15, 0.2) is 0 Å². The molecule has 2 nitrogen and oxygen atoms in total. The molecule has 0 atom stereocenters. The monoisotopic (exact) mass is 347 g/mol. The molecule has 1 rings (SSSR count). The summed E-state index contributed by atoms with van der Waals surface area (Å²) in [7, 11) is 0. The van der Waals surface area contributed by atoms with Crippen molar-refractivity contribution in [2.75, 3.05) is 10.7 Å². The van der Waals surface area contributed by atoms with Gasteiger partial charge in [0.05, 0.1) is 12.0 Å². The van der Waals surface area contributed by atoms with E-state index in [1.54, 1.807) is 0 Å². The lowest BCUT2D eigenvalue weighted by molar-refractivity contribution is -0.121. The second kappa shape index (κ2) is 6.40. The van der Waals surface area contributed by atoms with Gasteiger partial charge in [0.2, 0.25) is 5.91 Å². The van der Waals surface area contributed by atoms with Crippen LogP contribution in [0.1, 0.15) is 12.5 Å². The zero-order chi connectivity index (χ0) is 12.0. The number of rotatable bonds is 5. The molecule has 4 heteroatoms. The molecule has 0 aliphatic carbocycles. The Bertz CT molecular complexity index is 336. The largest absolute Gasteiger partial charge is 0.349 e. The molecule has 0 aliphatic rings. The molecule has 0 saturated heterocycles. The van der Waals surface area contributed by atoms with Crippen molar-refractivity contribution in [1.29, 1.82) is 0 Å². The minimum Gasteiger partial charge on any atom is -0.349 e. The fourth-order valence-electron chi connectivity index (χ4n) is 1.26. The summed E-state index contributed by atoms with van der Waals surface area (Å²) < 4.78 is 0. The van der Waals surface area contributed by atoms with Crippen LogP contribution in [0.2, 0.25) is 0 Å². The molecule has 0 heterocycles. The third-order valence-electron chi connectivity index (χ3n) is 2.24. The van der Waals surface area contributed by atoms with Crippen LogP contribution in [0.5, 0.6) is 0 Å². The van der Waals surface area contributed by atoms with Gasteiger partial charge in [0, 0.05) is 10.7 Å². The highest BCUT2D eigenvalue weighted by atomic mass is 79.9. The van der Waals surface area contributed by atoms with Gasteiger partial charge in [-0.05, 0) is 12.5 Å². The number of carbonyl (C=O) groups excluding carboxylic acids is 1. The molecule has 0 aromatic heterocycles. The Balaban J connectivity index is 2.54. The van der Waals surface area contributed by atoms with E-state index in [0.717, 1.165) is 16.2 Å². The smallest absolute Gasteiger partial charge is 0.224 e. The zero-order valence-corrected chi connectivity index (χ0v) is 12.3. The maximum absolute atomic E-state index is 11.8. The highest BCUT2D eigenvalue weighted by Crippen LogP contribution is 2.12. The number of carbonyl (C=O) groups is 1. The molecule has 0 radical (unpaired) electrons. The fourth-order valence-corrected chi connectivity index (χ4v) is 2.47. The van der Waals surface area contributed by atoms with Gasteiger partial charge in [0.25, 0.3) is 0 Å². The average molecular weight is 349 g/mol. The summed E-state index contributed by atoms with van der Waals surface area (Å²) in [5.74, 6) is 0.0487. The number of amides is 1. The van der Waals surface area contributed by atoms with Gasteiger partial charge in [-0.25, -0.2) is 0 Å². The molecule has 1 aromatic rings. The lowest BCUT2D eigenvalue weighted by atomic mass is 10.1. The predicted octanol–water partition coefficient (Wildman–Crippen LogP) is 2.89. The summed E-state index contributed by atoms with van der Waals surface area (Å²) in [6.07, 6.45) is 0.427. The van der Waals surface area contributed by atoms with Gasteiger partial charge < -0.3 is 5.32 Å². The second-order valence-corrected chi connectivity index (χ2v) is 5.16. The maximum Gasteiger partial charge on any atom is 0.224 e. The Morgan fingerprint density at radius 3 is 2.31 bits per heavy atom. The van der Waals surface area contributed by atoms with Crippen LogP contribution in [-0.4, -0.2) is 22.1 Å². The summed E-state index contributed by atoms with van der Waals surface area (Å²) in [6.45, 7) is 2.00. The Morgan fingerprint density at radius 2 is 1.81 bits per heavy atom. The average Bonchev–Trinajstić information content (AvgIpc) is 2.30. The summed E-state index contributed by atoms with van der Waals surface area (Å²) in [4.78, 5) is 11.8. The van der Waals surface area contributed by atoms with Crippen molar-refractivity contribution in [3.8, 4) is 0 Å².